The number of pyridine rings is 1. The summed E-state index contributed by atoms with van der Waals surface area (Å²) >= 11 is 7.30. The minimum atomic E-state index is -1.35. The molecule has 0 radical (unpaired) electrons. The first-order valence-corrected chi connectivity index (χ1v) is 8.88. The molecule has 4 rings (SSSR count). The summed E-state index contributed by atoms with van der Waals surface area (Å²) in [5.74, 6) is -1.90. The Labute approximate surface area is 150 Å². The Morgan fingerprint density at radius 2 is 2.04 bits per heavy atom. The lowest BCUT2D eigenvalue weighted by molar-refractivity contribution is 0.0697. The van der Waals surface area contributed by atoms with Crippen LogP contribution in [0.25, 0.3) is 15.7 Å². The molecule has 9 heteroatoms. The topological polar surface area (TPSA) is 74.0 Å². The molecule has 6 nitrogen and oxygen atoms in total. The highest BCUT2D eigenvalue weighted by molar-refractivity contribution is 7.16. The Bertz CT molecular complexity index is 1070. The fourth-order valence-electron chi connectivity index (χ4n) is 3.19. The number of carboxylic acid groups (broad SMARTS) is 1. The van der Waals surface area contributed by atoms with Crippen molar-refractivity contribution in [2.75, 3.05) is 31.1 Å². The molecule has 0 spiro atoms. The van der Waals surface area contributed by atoms with Crippen LogP contribution in [-0.4, -0.2) is 41.7 Å². The van der Waals surface area contributed by atoms with Gasteiger partial charge in [-0.1, -0.05) is 11.6 Å². The molecule has 3 heterocycles. The van der Waals surface area contributed by atoms with E-state index in [1.165, 1.54) is 4.40 Å². The van der Waals surface area contributed by atoms with Gasteiger partial charge in [-0.3, -0.25) is 9.20 Å². The van der Waals surface area contributed by atoms with Crippen LogP contribution in [0.1, 0.15) is 10.4 Å². The summed E-state index contributed by atoms with van der Waals surface area (Å²) in [4.78, 5) is 26.3. The number of hydrogen-bond acceptors (Lipinski definition) is 5. The third kappa shape index (κ3) is 2.48. The number of nitrogens with one attached hydrogen (secondary N) is 1. The van der Waals surface area contributed by atoms with Crippen molar-refractivity contribution >= 4 is 50.3 Å². The number of anilines is 1. The molecule has 0 saturated carbocycles. The van der Waals surface area contributed by atoms with Gasteiger partial charge in [0.25, 0.3) is 0 Å². The first-order chi connectivity index (χ1) is 12.0. The van der Waals surface area contributed by atoms with E-state index in [9.17, 15) is 19.1 Å². The van der Waals surface area contributed by atoms with Crippen LogP contribution in [-0.2, 0) is 0 Å². The van der Waals surface area contributed by atoms with Crippen LogP contribution in [0.4, 0.5) is 10.1 Å². The molecule has 1 saturated heterocycles. The third-order valence-electron chi connectivity index (χ3n) is 4.35. The van der Waals surface area contributed by atoms with Crippen molar-refractivity contribution in [3.8, 4) is 0 Å². The number of aromatic carboxylic acids is 1. The maximum absolute atomic E-state index is 14.7. The molecule has 130 valence electrons. The molecule has 25 heavy (non-hydrogen) atoms. The summed E-state index contributed by atoms with van der Waals surface area (Å²) < 4.78 is 16.2. The number of rotatable bonds is 2. The normalized spacial score (nSPS) is 15.2. The van der Waals surface area contributed by atoms with Gasteiger partial charge in [-0.15, -0.1) is 11.3 Å². The van der Waals surface area contributed by atoms with Crippen LogP contribution in [0.5, 0.6) is 0 Å². The highest BCUT2D eigenvalue weighted by Crippen LogP contribution is 2.31. The highest BCUT2D eigenvalue weighted by atomic mass is 35.5. The molecule has 1 aromatic carbocycles. The summed E-state index contributed by atoms with van der Waals surface area (Å²) in [6.45, 7) is 2.77. The molecule has 0 unspecified atom stereocenters. The van der Waals surface area contributed by atoms with E-state index in [1.54, 1.807) is 11.4 Å². The van der Waals surface area contributed by atoms with Crippen molar-refractivity contribution in [1.29, 1.82) is 0 Å². The maximum Gasteiger partial charge on any atom is 0.342 e. The summed E-state index contributed by atoms with van der Waals surface area (Å²) in [5.41, 5.74) is -0.302. The van der Waals surface area contributed by atoms with E-state index in [1.807, 2.05) is 4.90 Å². The molecular formula is C16H13ClFN3O3S. The Balaban J connectivity index is 2.09. The second-order valence-electron chi connectivity index (χ2n) is 5.77. The lowest BCUT2D eigenvalue weighted by Gasteiger charge is -2.30. The standard InChI is InChI=1S/C16H13ClFN3O3S/c17-12-7-25-15-13(16(23)24)14(22)8-5-9(18)11(6-10(8)21(12)15)20-3-1-19-2-4-20/h5-7,19H,1-4H2,(H,23,24). The number of benzene rings is 1. The van der Waals surface area contributed by atoms with Crippen LogP contribution >= 0.6 is 22.9 Å². The van der Waals surface area contributed by atoms with Gasteiger partial charge in [0.1, 0.15) is 21.4 Å². The first-order valence-electron chi connectivity index (χ1n) is 7.63. The molecular weight excluding hydrogens is 369 g/mol. The predicted octanol–water partition coefficient (Wildman–Crippen LogP) is 2.41. The molecule has 0 amide bonds. The summed E-state index contributed by atoms with van der Waals surface area (Å²) in [7, 11) is 0. The molecule has 2 aromatic heterocycles. The van der Waals surface area contributed by atoms with Gasteiger partial charge in [0.2, 0.25) is 5.43 Å². The third-order valence-corrected chi connectivity index (χ3v) is 5.71. The van der Waals surface area contributed by atoms with E-state index >= 15 is 0 Å². The van der Waals surface area contributed by atoms with Crippen molar-refractivity contribution in [1.82, 2.24) is 9.72 Å². The first kappa shape index (κ1) is 16.3. The zero-order chi connectivity index (χ0) is 17.7. The Morgan fingerprint density at radius 1 is 1.32 bits per heavy atom. The monoisotopic (exact) mass is 381 g/mol. The number of piperazine rings is 1. The molecule has 1 aliphatic rings. The smallest absolute Gasteiger partial charge is 0.342 e. The van der Waals surface area contributed by atoms with Crippen molar-refractivity contribution < 1.29 is 14.3 Å². The zero-order valence-corrected chi connectivity index (χ0v) is 14.5. The second kappa shape index (κ2) is 5.98. The van der Waals surface area contributed by atoms with Gasteiger partial charge in [0, 0.05) is 31.6 Å². The van der Waals surface area contributed by atoms with E-state index in [2.05, 4.69) is 5.32 Å². The number of aromatic nitrogens is 1. The van der Waals surface area contributed by atoms with Crippen molar-refractivity contribution in [3.63, 3.8) is 0 Å². The lowest BCUT2D eigenvalue weighted by Crippen LogP contribution is -2.43. The molecule has 3 aromatic rings. The van der Waals surface area contributed by atoms with Crippen LogP contribution < -0.4 is 15.6 Å². The van der Waals surface area contributed by atoms with E-state index in [0.717, 1.165) is 30.5 Å². The number of carbonyl (C=O) groups is 1. The van der Waals surface area contributed by atoms with Gasteiger partial charge in [0.05, 0.1) is 16.6 Å². The summed E-state index contributed by atoms with van der Waals surface area (Å²) in [6.07, 6.45) is 0. The number of thiazole rings is 1. The SMILES string of the molecule is O=C(O)c1c(=O)c2cc(F)c(N3CCNCC3)cc2n2c(Cl)csc12. The van der Waals surface area contributed by atoms with Gasteiger partial charge >= 0.3 is 5.97 Å². The van der Waals surface area contributed by atoms with Crippen LogP contribution in [0, 0.1) is 5.82 Å². The molecule has 2 N–H and O–H groups in total. The summed E-state index contributed by atoms with van der Waals surface area (Å²) in [5, 5.41) is 14.5. The molecule has 1 fully saturated rings. The van der Waals surface area contributed by atoms with Gasteiger partial charge in [-0.25, -0.2) is 9.18 Å². The van der Waals surface area contributed by atoms with Gasteiger partial charge in [-0.05, 0) is 12.1 Å². The Kier molecular flexibility index (Phi) is 3.90. The number of fused-ring (bicyclic) bond motifs is 3. The number of halogens is 2. The zero-order valence-electron chi connectivity index (χ0n) is 12.9. The minimum Gasteiger partial charge on any atom is -0.477 e. The van der Waals surface area contributed by atoms with Crippen molar-refractivity contribution in [2.24, 2.45) is 0 Å². The van der Waals surface area contributed by atoms with E-state index in [4.69, 9.17) is 11.6 Å². The van der Waals surface area contributed by atoms with Gasteiger partial charge in [0.15, 0.2) is 0 Å². The van der Waals surface area contributed by atoms with Crippen LogP contribution in [0.2, 0.25) is 5.15 Å². The Morgan fingerprint density at radius 3 is 2.72 bits per heavy atom. The van der Waals surface area contributed by atoms with Gasteiger partial charge < -0.3 is 15.3 Å². The minimum absolute atomic E-state index is 0.00610. The van der Waals surface area contributed by atoms with E-state index < -0.39 is 22.8 Å². The van der Waals surface area contributed by atoms with Gasteiger partial charge in [-0.2, -0.15) is 0 Å². The van der Waals surface area contributed by atoms with Crippen LogP contribution in [0.15, 0.2) is 22.3 Å². The number of hydrogen-bond donors (Lipinski definition) is 2. The van der Waals surface area contributed by atoms with E-state index in [-0.39, 0.29) is 15.4 Å². The number of carboxylic acids is 1. The summed E-state index contributed by atoms with van der Waals surface area (Å²) in [6, 6.07) is 2.69. The highest BCUT2D eigenvalue weighted by Gasteiger charge is 2.23. The second-order valence-corrected chi connectivity index (χ2v) is 7.01. The quantitative estimate of drug-likeness (QED) is 0.713. The maximum atomic E-state index is 14.7. The molecule has 1 aliphatic heterocycles. The predicted molar refractivity (Wildman–Crippen MR) is 96.1 cm³/mol. The lowest BCUT2D eigenvalue weighted by atomic mass is 10.1. The van der Waals surface area contributed by atoms with Crippen LogP contribution in [0.3, 0.4) is 0 Å². The average molecular weight is 382 g/mol. The molecule has 0 atom stereocenters. The fourth-order valence-corrected chi connectivity index (χ4v) is 4.46. The van der Waals surface area contributed by atoms with Crippen molar-refractivity contribution in [3.05, 3.63) is 44.3 Å². The largest absolute Gasteiger partial charge is 0.477 e. The molecule has 0 aliphatic carbocycles. The fraction of sp³-hybridized carbons (Fsp3) is 0.250. The molecule has 0 bridgehead atoms. The average Bonchev–Trinajstić information content (AvgIpc) is 2.97. The van der Waals surface area contributed by atoms with Crippen molar-refractivity contribution in [2.45, 2.75) is 0 Å². The Hall–Kier alpha value is -2.16. The van der Waals surface area contributed by atoms with E-state index in [0.29, 0.717) is 24.3 Å². The number of nitrogens with zero attached hydrogens (tertiary/aromatic N) is 2.